The molecule has 5 rings (SSSR count). The number of methoxy groups -OCH3 is 1. The van der Waals surface area contributed by atoms with Crippen LogP contribution in [-0.2, 0) is 16.1 Å². The minimum atomic E-state index is -0.134. The van der Waals surface area contributed by atoms with Crippen LogP contribution in [0.4, 0.5) is 0 Å². The van der Waals surface area contributed by atoms with Gasteiger partial charge in [-0.25, -0.2) is 4.68 Å². The molecule has 1 aliphatic rings. The maximum Gasteiger partial charge on any atom is 0.311 e. The van der Waals surface area contributed by atoms with E-state index in [1.165, 1.54) is 7.11 Å². The summed E-state index contributed by atoms with van der Waals surface area (Å²) in [6, 6.07) is 17.8. The lowest BCUT2D eigenvalue weighted by Gasteiger charge is -2.37. The second-order valence-electron chi connectivity index (χ2n) is 7.63. The Labute approximate surface area is 192 Å². The number of para-hydroxylation sites is 1. The van der Waals surface area contributed by atoms with Crippen molar-refractivity contribution >= 4 is 21.9 Å². The number of likely N-dealkylation sites (tertiary alicyclic amines) is 1. The molecule has 9 heteroatoms. The predicted octanol–water partition coefficient (Wildman–Crippen LogP) is 3.96. The minimum Gasteiger partial charge on any atom is -0.469 e. The molecule has 8 nitrogen and oxygen atoms in total. The van der Waals surface area contributed by atoms with Gasteiger partial charge in [-0.3, -0.25) is 9.69 Å². The third kappa shape index (κ3) is 3.96. The van der Waals surface area contributed by atoms with E-state index in [2.05, 4.69) is 36.1 Å². The predicted molar refractivity (Wildman–Crippen MR) is 121 cm³/mol. The number of aromatic nitrogens is 4. The highest BCUT2D eigenvalue weighted by atomic mass is 79.9. The maximum atomic E-state index is 11.5. The van der Waals surface area contributed by atoms with Crippen LogP contribution in [0, 0.1) is 5.92 Å². The molecule has 1 saturated heterocycles. The monoisotopic (exact) mass is 493 g/mol. The minimum absolute atomic E-state index is 0.0115. The highest BCUT2D eigenvalue weighted by Crippen LogP contribution is 2.30. The Morgan fingerprint density at radius 2 is 1.91 bits per heavy atom. The molecule has 162 valence electrons. The lowest BCUT2D eigenvalue weighted by molar-refractivity contribution is -0.151. The fourth-order valence-electron chi connectivity index (χ4n) is 3.71. The Morgan fingerprint density at radius 3 is 2.62 bits per heavy atom. The zero-order valence-electron chi connectivity index (χ0n) is 17.3. The van der Waals surface area contributed by atoms with Gasteiger partial charge in [0.1, 0.15) is 4.60 Å². The molecule has 0 unspecified atom stereocenters. The quantitative estimate of drug-likeness (QED) is 0.375. The first kappa shape index (κ1) is 20.6. The molecule has 3 heterocycles. The molecule has 1 fully saturated rings. The van der Waals surface area contributed by atoms with E-state index in [1.54, 1.807) is 10.9 Å². The molecule has 2 aromatic carbocycles. The molecule has 0 spiro atoms. The van der Waals surface area contributed by atoms with Gasteiger partial charge >= 0.3 is 5.97 Å². The van der Waals surface area contributed by atoms with E-state index < -0.39 is 0 Å². The molecule has 0 atom stereocenters. The van der Waals surface area contributed by atoms with Crippen LogP contribution < -0.4 is 0 Å². The molecule has 1 aliphatic heterocycles. The van der Waals surface area contributed by atoms with Crippen molar-refractivity contribution in [1.82, 2.24) is 24.8 Å². The van der Waals surface area contributed by atoms with Crippen molar-refractivity contribution in [3.05, 3.63) is 71.0 Å². The number of esters is 1. The highest BCUT2D eigenvalue weighted by Gasteiger charge is 2.33. The molecule has 32 heavy (non-hydrogen) atoms. The van der Waals surface area contributed by atoms with Crippen molar-refractivity contribution in [2.24, 2.45) is 5.92 Å². The number of carbonyl (C=O) groups is 1. The van der Waals surface area contributed by atoms with E-state index in [1.807, 2.05) is 54.6 Å². The van der Waals surface area contributed by atoms with Crippen LogP contribution in [0.15, 0.2) is 69.9 Å². The first-order valence-electron chi connectivity index (χ1n) is 10.1. The van der Waals surface area contributed by atoms with E-state index in [0.29, 0.717) is 11.7 Å². The summed E-state index contributed by atoms with van der Waals surface area (Å²) in [4.78, 5) is 18.3. The second kappa shape index (κ2) is 8.68. The Bertz CT molecular complexity index is 1230. The molecule has 2 aromatic heterocycles. The van der Waals surface area contributed by atoms with Crippen LogP contribution in [0.1, 0.15) is 5.56 Å². The third-order valence-corrected chi connectivity index (χ3v) is 6.24. The summed E-state index contributed by atoms with van der Waals surface area (Å²) in [6.45, 7) is 2.25. The number of hydrogen-bond donors (Lipinski definition) is 0. The van der Waals surface area contributed by atoms with Crippen molar-refractivity contribution in [1.29, 1.82) is 0 Å². The summed E-state index contributed by atoms with van der Waals surface area (Å²) in [5.74, 6) is 0.765. The van der Waals surface area contributed by atoms with Crippen LogP contribution in [0.5, 0.6) is 0 Å². The number of rotatable bonds is 6. The molecule has 0 bridgehead atoms. The summed E-state index contributed by atoms with van der Waals surface area (Å²) in [6.07, 6.45) is 1.70. The fraction of sp³-hybridized carbons (Fsp3) is 0.217. The molecule has 0 radical (unpaired) electrons. The van der Waals surface area contributed by atoms with Crippen LogP contribution in [-0.4, -0.2) is 51.0 Å². The van der Waals surface area contributed by atoms with Crippen molar-refractivity contribution in [2.45, 2.75) is 6.54 Å². The lowest BCUT2D eigenvalue weighted by atomic mass is 9.99. The number of benzene rings is 2. The highest BCUT2D eigenvalue weighted by molar-refractivity contribution is 9.10. The topological polar surface area (TPSA) is 86.3 Å². The second-order valence-corrected chi connectivity index (χ2v) is 8.38. The maximum absolute atomic E-state index is 11.5. The zero-order chi connectivity index (χ0) is 22.1. The van der Waals surface area contributed by atoms with Crippen molar-refractivity contribution in [3.8, 4) is 28.5 Å². The van der Waals surface area contributed by atoms with Gasteiger partial charge in [0.15, 0.2) is 0 Å². The van der Waals surface area contributed by atoms with Crippen LogP contribution in [0.25, 0.3) is 28.5 Å². The number of halogens is 1. The molecule has 4 aromatic rings. The van der Waals surface area contributed by atoms with E-state index >= 15 is 0 Å². The number of carbonyl (C=O) groups excluding carboxylic acids is 1. The van der Waals surface area contributed by atoms with Crippen molar-refractivity contribution in [2.75, 3.05) is 20.2 Å². The van der Waals surface area contributed by atoms with Gasteiger partial charge in [-0.1, -0.05) is 47.6 Å². The van der Waals surface area contributed by atoms with Gasteiger partial charge in [-0.15, -0.1) is 0 Å². The van der Waals surface area contributed by atoms with Gasteiger partial charge < -0.3 is 9.26 Å². The number of nitrogens with zero attached hydrogens (tertiary/aromatic N) is 5. The molecule has 0 amide bonds. The van der Waals surface area contributed by atoms with Gasteiger partial charge in [-0.05, 0) is 33.6 Å². The van der Waals surface area contributed by atoms with E-state index in [9.17, 15) is 4.79 Å². The fourth-order valence-corrected chi connectivity index (χ4v) is 4.28. The first-order chi connectivity index (χ1) is 15.6. The van der Waals surface area contributed by atoms with E-state index in [0.717, 1.165) is 46.6 Å². The molecular formula is C23H20BrN5O3. The third-order valence-electron chi connectivity index (χ3n) is 5.48. The Kier molecular flexibility index (Phi) is 5.59. The average Bonchev–Trinajstić information content (AvgIpc) is 3.43. The normalized spacial score (nSPS) is 14.3. The lowest BCUT2D eigenvalue weighted by Crippen LogP contribution is -2.49. The average molecular weight is 494 g/mol. The number of hydrogen-bond acceptors (Lipinski definition) is 7. The van der Waals surface area contributed by atoms with E-state index in [-0.39, 0.29) is 11.9 Å². The van der Waals surface area contributed by atoms with E-state index in [4.69, 9.17) is 9.26 Å². The summed E-state index contributed by atoms with van der Waals surface area (Å²) < 4.78 is 12.8. The Morgan fingerprint density at radius 1 is 1.16 bits per heavy atom. The van der Waals surface area contributed by atoms with Gasteiger partial charge in [0.25, 0.3) is 5.89 Å². The Hall–Kier alpha value is -3.30. The van der Waals surface area contributed by atoms with Crippen LogP contribution in [0.3, 0.4) is 0 Å². The van der Waals surface area contributed by atoms with Gasteiger partial charge in [0, 0.05) is 25.2 Å². The summed E-state index contributed by atoms with van der Waals surface area (Å²) in [5.41, 5.74) is 3.68. The molecule has 0 saturated carbocycles. The zero-order valence-corrected chi connectivity index (χ0v) is 18.9. The van der Waals surface area contributed by atoms with Gasteiger partial charge in [0.05, 0.1) is 30.5 Å². The first-order valence-corrected chi connectivity index (χ1v) is 10.9. The molecule has 0 N–H and O–H groups in total. The SMILES string of the molecule is COC(=O)C1CN(Cc2ccc(-c3noc(-c4cnn(-c5ccccc5)c4Br)n3)cc2)C1. The summed E-state index contributed by atoms with van der Waals surface area (Å²) in [5, 5.41) is 8.56. The van der Waals surface area contributed by atoms with Crippen LogP contribution in [0.2, 0.25) is 0 Å². The standard InChI is InChI=1S/C23H20BrN5O3/c1-31-23(30)17-13-28(14-17)12-15-7-9-16(10-8-15)21-26-22(32-27-21)19-11-25-29(20(19)24)18-5-3-2-4-6-18/h2-11,17H,12-14H2,1H3. The smallest absolute Gasteiger partial charge is 0.311 e. The van der Waals surface area contributed by atoms with Crippen molar-refractivity contribution in [3.63, 3.8) is 0 Å². The van der Waals surface area contributed by atoms with Crippen molar-refractivity contribution < 1.29 is 14.1 Å². The van der Waals surface area contributed by atoms with Crippen LogP contribution >= 0.6 is 15.9 Å². The largest absolute Gasteiger partial charge is 0.469 e. The Balaban J connectivity index is 1.27. The molecule has 0 aliphatic carbocycles. The van der Waals surface area contributed by atoms with Gasteiger partial charge in [-0.2, -0.15) is 10.1 Å². The van der Waals surface area contributed by atoms with Gasteiger partial charge in [0.2, 0.25) is 5.82 Å². The molecular weight excluding hydrogens is 474 g/mol. The summed E-state index contributed by atoms with van der Waals surface area (Å²) >= 11 is 3.59. The number of ether oxygens (including phenoxy) is 1. The summed E-state index contributed by atoms with van der Waals surface area (Å²) in [7, 11) is 1.43.